The van der Waals surface area contributed by atoms with Gasteiger partial charge in [-0.25, -0.2) is 0 Å². The van der Waals surface area contributed by atoms with Crippen LogP contribution in [0.2, 0.25) is 0 Å². The molecule has 1 aromatic carbocycles. The van der Waals surface area contributed by atoms with Crippen LogP contribution in [0, 0.1) is 5.92 Å². The molecule has 1 atom stereocenters. The van der Waals surface area contributed by atoms with Crippen molar-refractivity contribution in [2.24, 2.45) is 5.92 Å². The van der Waals surface area contributed by atoms with Gasteiger partial charge in [-0.05, 0) is 11.6 Å². The van der Waals surface area contributed by atoms with Gasteiger partial charge in [0.05, 0.1) is 0 Å². The lowest BCUT2D eigenvalue weighted by Gasteiger charge is -2.39. The summed E-state index contributed by atoms with van der Waals surface area (Å²) in [6.45, 7) is 1.58. The molecule has 17 heavy (non-hydrogen) atoms. The van der Waals surface area contributed by atoms with Crippen molar-refractivity contribution < 1.29 is 9.90 Å². The first-order valence-corrected chi connectivity index (χ1v) is 6.02. The minimum absolute atomic E-state index is 0.118. The maximum Gasteiger partial charge on any atom is 0.245 e. The van der Waals surface area contributed by atoms with E-state index in [1.807, 2.05) is 23.1 Å². The number of aliphatic hydroxyl groups excluding tert-OH is 1. The quantitative estimate of drug-likeness (QED) is 0.779. The van der Waals surface area contributed by atoms with Crippen molar-refractivity contribution in [3.05, 3.63) is 29.8 Å². The fraction of sp³-hybridized carbons (Fsp3) is 0.462. The van der Waals surface area contributed by atoms with Crippen molar-refractivity contribution in [1.82, 2.24) is 4.90 Å². The Kier molecular flexibility index (Phi) is 2.52. The fourth-order valence-corrected chi connectivity index (χ4v) is 2.53. The number of nitrogens with one attached hydrogen (secondary N) is 1. The Balaban J connectivity index is 1.63. The van der Waals surface area contributed by atoms with Gasteiger partial charge in [-0.2, -0.15) is 0 Å². The normalized spacial score (nSPS) is 22.9. The SMILES string of the molecule is O=C([C@@H]1Cc2ccccc2N1)N1CC(CO)C1. The highest BCUT2D eigenvalue weighted by atomic mass is 16.3. The minimum atomic E-state index is -0.118. The molecule has 2 aliphatic rings. The van der Waals surface area contributed by atoms with Gasteiger partial charge in [0, 0.05) is 37.7 Å². The van der Waals surface area contributed by atoms with E-state index in [1.54, 1.807) is 0 Å². The molecule has 0 radical (unpaired) electrons. The van der Waals surface area contributed by atoms with E-state index in [2.05, 4.69) is 11.4 Å². The van der Waals surface area contributed by atoms with Crippen molar-refractivity contribution in [2.45, 2.75) is 12.5 Å². The molecule has 0 saturated carbocycles. The number of carbonyl (C=O) groups is 1. The monoisotopic (exact) mass is 232 g/mol. The third-order valence-corrected chi connectivity index (χ3v) is 3.60. The van der Waals surface area contributed by atoms with Crippen molar-refractivity contribution in [3.8, 4) is 0 Å². The van der Waals surface area contributed by atoms with Gasteiger partial charge in [-0.3, -0.25) is 4.79 Å². The van der Waals surface area contributed by atoms with Crippen LogP contribution < -0.4 is 5.32 Å². The molecule has 0 aliphatic carbocycles. The van der Waals surface area contributed by atoms with Crippen LogP contribution in [-0.4, -0.2) is 41.7 Å². The van der Waals surface area contributed by atoms with E-state index in [1.165, 1.54) is 5.56 Å². The van der Waals surface area contributed by atoms with Gasteiger partial charge in [-0.15, -0.1) is 0 Å². The molecule has 0 unspecified atom stereocenters. The Bertz CT molecular complexity index is 416. The molecule has 1 saturated heterocycles. The maximum atomic E-state index is 12.1. The maximum absolute atomic E-state index is 12.1. The Morgan fingerprint density at radius 3 is 2.88 bits per heavy atom. The zero-order valence-corrected chi connectivity index (χ0v) is 9.60. The van der Waals surface area contributed by atoms with E-state index in [9.17, 15) is 4.79 Å². The number of amides is 1. The van der Waals surface area contributed by atoms with Gasteiger partial charge in [0.2, 0.25) is 5.91 Å². The van der Waals surface area contributed by atoms with E-state index >= 15 is 0 Å². The van der Waals surface area contributed by atoms with Crippen LogP contribution in [0.3, 0.4) is 0 Å². The van der Waals surface area contributed by atoms with E-state index in [0.29, 0.717) is 13.1 Å². The number of nitrogens with zero attached hydrogens (tertiary/aromatic N) is 1. The van der Waals surface area contributed by atoms with E-state index < -0.39 is 0 Å². The Hall–Kier alpha value is -1.55. The van der Waals surface area contributed by atoms with Gasteiger partial charge < -0.3 is 15.3 Å². The molecular formula is C13H16N2O2. The van der Waals surface area contributed by atoms with Crippen molar-refractivity contribution in [2.75, 3.05) is 25.0 Å². The van der Waals surface area contributed by atoms with Crippen molar-refractivity contribution >= 4 is 11.6 Å². The average molecular weight is 232 g/mol. The van der Waals surface area contributed by atoms with Crippen LogP contribution in [-0.2, 0) is 11.2 Å². The van der Waals surface area contributed by atoms with Crippen LogP contribution >= 0.6 is 0 Å². The van der Waals surface area contributed by atoms with Gasteiger partial charge in [0.25, 0.3) is 0 Å². The summed E-state index contributed by atoms with van der Waals surface area (Å²) in [5.41, 5.74) is 2.29. The zero-order chi connectivity index (χ0) is 11.8. The lowest BCUT2D eigenvalue weighted by Crippen LogP contribution is -2.55. The first kappa shape index (κ1) is 10.6. The molecule has 4 nitrogen and oxygen atoms in total. The third-order valence-electron chi connectivity index (χ3n) is 3.60. The Labute approximate surface area is 100 Å². The topological polar surface area (TPSA) is 52.6 Å². The summed E-state index contributed by atoms with van der Waals surface area (Å²) in [5.74, 6) is 0.439. The van der Waals surface area contributed by atoms with Crippen LogP contribution in [0.5, 0.6) is 0 Å². The van der Waals surface area contributed by atoms with Gasteiger partial charge >= 0.3 is 0 Å². The zero-order valence-electron chi connectivity index (χ0n) is 9.60. The predicted octanol–water partition coefficient (Wildman–Crippen LogP) is 0.474. The first-order valence-electron chi connectivity index (χ1n) is 6.02. The fourth-order valence-electron chi connectivity index (χ4n) is 2.53. The van der Waals surface area contributed by atoms with Crippen LogP contribution in [0.15, 0.2) is 24.3 Å². The molecule has 2 aliphatic heterocycles. The van der Waals surface area contributed by atoms with Crippen molar-refractivity contribution in [1.29, 1.82) is 0 Å². The molecule has 1 aromatic rings. The van der Waals surface area contributed by atoms with E-state index in [-0.39, 0.29) is 24.5 Å². The van der Waals surface area contributed by atoms with Gasteiger partial charge in [0.15, 0.2) is 0 Å². The number of carbonyl (C=O) groups excluding carboxylic acids is 1. The number of para-hydroxylation sites is 1. The van der Waals surface area contributed by atoms with E-state index in [4.69, 9.17) is 5.11 Å². The number of anilines is 1. The number of hydrogen-bond acceptors (Lipinski definition) is 3. The molecule has 2 heterocycles. The molecule has 3 rings (SSSR count). The molecule has 2 N–H and O–H groups in total. The smallest absolute Gasteiger partial charge is 0.245 e. The van der Waals surface area contributed by atoms with Crippen LogP contribution in [0.4, 0.5) is 5.69 Å². The molecule has 0 spiro atoms. The highest BCUT2D eigenvalue weighted by molar-refractivity contribution is 5.88. The molecule has 4 heteroatoms. The number of rotatable bonds is 2. The lowest BCUT2D eigenvalue weighted by atomic mass is 9.99. The molecule has 0 aromatic heterocycles. The number of hydrogen-bond donors (Lipinski definition) is 2. The summed E-state index contributed by atoms with van der Waals surface area (Å²) in [4.78, 5) is 14.0. The highest BCUT2D eigenvalue weighted by Crippen LogP contribution is 2.27. The summed E-state index contributed by atoms with van der Waals surface area (Å²) in [7, 11) is 0. The van der Waals surface area contributed by atoms with E-state index in [0.717, 1.165) is 12.1 Å². The van der Waals surface area contributed by atoms with Gasteiger partial charge in [0.1, 0.15) is 6.04 Å². The summed E-state index contributed by atoms with van der Waals surface area (Å²) in [6, 6.07) is 7.92. The Morgan fingerprint density at radius 1 is 1.41 bits per heavy atom. The highest BCUT2D eigenvalue weighted by Gasteiger charge is 2.36. The summed E-state index contributed by atoms with van der Waals surface area (Å²) in [5, 5.41) is 12.2. The summed E-state index contributed by atoms with van der Waals surface area (Å²) in [6.07, 6.45) is 0.773. The van der Waals surface area contributed by atoms with Gasteiger partial charge in [-0.1, -0.05) is 18.2 Å². The average Bonchev–Trinajstić information content (AvgIpc) is 2.71. The summed E-state index contributed by atoms with van der Waals surface area (Å²) >= 11 is 0. The van der Waals surface area contributed by atoms with Crippen LogP contribution in [0.1, 0.15) is 5.56 Å². The van der Waals surface area contributed by atoms with Crippen LogP contribution in [0.25, 0.3) is 0 Å². The minimum Gasteiger partial charge on any atom is -0.396 e. The lowest BCUT2D eigenvalue weighted by molar-refractivity contribution is -0.139. The summed E-state index contributed by atoms with van der Waals surface area (Å²) < 4.78 is 0. The predicted molar refractivity (Wildman–Crippen MR) is 64.7 cm³/mol. The number of benzene rings is 1. The number of fused-ring (bicyclic) bond motifs is 1. The molecule has 90 valence electrons. The number of likely N-dealkylation sites (tertiary alicyclic amines) is 1. The second-order valence-corrected chi connectivity index (χ2v) is 4.85. The molecule has 0 bridgehead atoms. The Morgan fingerprint density at radius 2 is 2.18 bits per heavy atom. The molecule has 1 fully saturated rings. The second-order valence-electron chi connectivity index (χ2n) is 4.85. The standard InChI is InChI=1S/C13H16N2O2/c16-8-9-6-15(7-9)13(17)12-5-10-3-1-2-4-11(10)14-12/h1-4,9,12,14,16H,5-8H2/t12-/m0/s1. The molecule has 1 amide bonds. The van der Waals surface area contributed by atoms with Crippen molar-refractivity contribution in [3.63, 3.8) is 0 Å². The third kappa shape index (κ3) is 1.78. The largest absolute Gasteiger partial charge is 0.396 e. The second kappa shape index (κ2) is 4.04. The molecular weight excluding hydrogens is 216 g/mol. The first-order chi connectivity index (χ1) is 8.28. The number of aliphatic hydroxyl groups is 1.